The Morgan fingerprint density at radius 2 is 1.92 bits per heavy atom. The molecule has 1 fully saturated rings. The highest BCUT2D eigenvalue weighted by molar-refractivity contribution is 5.94. The molecule has 0 saturated heterocycles. The van der Waals surface area contributed by atoms with Gasteiger partial charge in [-0.1, -0.05) is 43.2 Å². The van der Waals surface area contributed by atoms with Crippen LogP contribution in [0.15, 0.2) is 53.5 Å². The molecule has 0 bridgehead atoms. The first-order valence-electron chi connectivity index (χ1n) is 8.89. The second kappa shape index (κ2) is 8.12. The summed E-state index contributed by atoms with van der Waals surface area (Å²) in [6.45, 7) is 2.45. The van der Waals surface area contributed by atoms with Crippen molar-refractivity contribution in [1.29, 1.82) is 0 Å². The number of nitrogens with one attached hydrogen (secondary N) is 1. The zero-order valence-corrected chi connectivity index (χ0v) is 14.5. The second-order valence-corrected chi connectivity index (χ2v) is 6.36. The molecule has 3 rings (SSSR count). The number of rotatable bonds is 6. The van der Waals surface area contributed by atoms with Crippen molar-refractivity contribution < 1.29 is 9.53 Å². The summed E-state index contributed by atoms with van der Waals surface area (Å²) in [7, 11) is 0. The number of anilines is 1. The number of benzene rings is 1. The first-order chi connectivity index (χ1) is 12.2. The summed E-state index contributed by atoms with van der Waals surface area (Å²) in [4.78, 5) is 24.6. The van der Waals surface area contributed by atoms with Gasteiger partial charge in [-0.2, -0.15) is 0 Å². The van der Waals surface area contributed by atoms with E-state index in [0.29, 0.717) is 12.2 Å². The second-order valence-electron chi connectivity index (χ2n) is 6.36. The summed E-state index contributed by atoms with van der Waals surface area (Å²) in [5, 5.41) is 2.89. The molecule has 1 amide bonds. The minimum atomic E-state index is -0.647. The standard InChI is InChI=1S/C20H24N2O3/c1-2-22-14-16(12-13-18(22)23)21-20(24)19(15-8-4-3-5-9-15)25-17-10-6-7-11-17/h3-5,8-9,12-14,17,19H,2,6-7,10-11H2,1H3,(H,21,24). The maximum absolute atomic E-state index is 12.9. The molecule has 0 spiro atoms. The van der Waals surface area contributed by atoms with Crippen LogP contribution in [0.2, 0.25) is 0 Å². The normalized spacial score (nSPS) is 15.9. The third kappa shape index (κ3) is 4.37. The largest absolute Gasteiger partial charge is 0.360 e. The summed E-state index contributed by atoms with van der Waals surface area (Å²) >= 11 is 0. The number of carbonyl (C=O) groups excluding carboxylic acids is 1. The molecule has 1 aliphatic rings. The zero-order chi connectivity index (χ0) is 17.6. The SMILES string of the molecule is CCn1cc(NC(=O)C(OC2CCCC2)c2ccccc2)ccc1=O. The number of carbonyl (C=O) groups is 1. The molecule has 132 valence electrons. The predicted molar refractivity (Wildman–Crippen MR) is 97.5 cm³/mol. The highest BCUT2D eigenvalue weighted by Gasteiger charge is 2.27. The highest BCUT2D eigenvalue weighted by Crippen LogP contribution is 2.28. The van der Waals surface area contributed by atoms with Crippen LogP contribution < -0.4 is 10.9 Å². The van der Waals surface area contributed by atoms with Crippen molar-refractivity contribution in [1.82, 2.24) is 4.57 Å². The van der Waals surface area contributed by atoms with E-state index in [1.165, 1.54) is 6.07 Å². The van der Waals surface area contributed by atoms with Gasteiger partial charge in [0.1, 0.15) is 0 Å². The predicted octanol–water partition coefficient (Wildman–Crippen LogP) is 3.51. The highest BCUT2D eigenvalue weighted by atomic mass is 16.5. The van der Waals surface area contributed by atoms with Gasteiger partial charge in [-0.15, -0.1) is 0 Å². The van der Waals surface area contributed by atoms with Crippen molar-refractivity contribution in [3.63, 3.8) is 0 Å². The fraction of sp³-hybridized carbons (Fsp3) is 0.400. The van der Waals surface area contributed by atoms with Crippen LogP contribution in [-0.2, 0) is 16.1 Å². The van der Waals surface area contributed by atoms with Crippen molar-refractivity contribution >= 4 is 11.6 Å². The number of hydrogen-bond donors (Lipinski definition) is 1. The molecule has 5 nitrogen and oxygen atoms in total. The van der Waals surface area contributed by atoms with E-state index in [2.05, 4.69) is 5.32 Å². The summed E-state index contributed by atoms with van der Waals surface area (Å²) in [6.07, 6.45) is 5.43. The molecule has 0 aliphatic heterocycles. The Morgan fingerprint density at radius 3 is 2.60 bits per heavy atom. The number of hydrogen-bond acceptors (Lipinski definition) is 3. The molecular weight excluding hydrogens is 316 g/mol. The van der Waals surface area contributed by atoms with E-state index in [-0.39, 0.29) is 17.6 Å². The molecule has 1 unspecified atom stereocenters. The minimum Gasteiger partial charge on any atom is -0.360 e. The Morgan fingerprint density at radius 1 is 1.20 bits per heavy atom. The quantitative estimate of drug-likeness (QED) is 0.875. The lowest BCUT2D eigenvalue weighted by atomic mass is 10.1. The van der Waals surface area contributed by atoms with Crippen LogP contribution in [0.25, 0.3) is 0 Å². The average molecular weight is 340 g/mol. The van der Waals surface area contributed by atoms with Crippen LogP contribution in [-0.4, -0.2) is 16.6 Å². The number of ether oxygens (including phenoxy) is 1. The lowest BCUT2D eigenvalue weighted by Gasteiger charge is -2.22. The van der Waals surface area contributed by atoms with Crippen molar-refractivity contribution in [2.75, 3.05) is 5.32 Å². The van der Waals surface area contributed by atoms with E-state index in [9.17, 15) is 9.59 Å². The molecular formula is C20H24N2O3. The Bertz CT molecular complexity index is 764. The molecule has 1 atom stereocenters. The van der Waals surface area contributed by atoms with Crippen LogP contribution in [0, 0.1) is 0 Å². The van der Waals surface area contributed by atoms with E-state index in [0.717, 1.165) is 31.2 Å². The molecule has 0 radical (unpaired) electrons. The molecule has 1 saturated carbocycles. The number of pyridine rings is 1. The van der Waals surface area contributed by atoms with Gasteiger partial charge in [0.25, 0.3) is 11.5 Å². The Labute approximate surface area is 147 Å². The van der Waals surface area contributed by atoms with Crippen LogP contribution in [0.4, 0.5) is 5.69 Å². The maximum Gasteiger partial charge on any atom is 0.258 e. The van der Waals surface area contributed by atoms with Crippen LogP contribution in [0.5, 0.6) is 0 Å². The third-order valence-electron chi connectivity index (χ3n) is 4.56. The molecule has 1 aromatic heterocycles. The fourth-order valence-electron chi connectivity index (χ4n) is 3.20. The summed E-state index contributed by atoms with van der Waals surface area (Å²) in [5.41, 5.74) is 1.36. The minimum absolute atomic E-state index is 0.0812. The van der Waals surface area contributed by atoms with E-state index in [4.69, 9.17) is 4.74 Å². The molecule has 1 aromatic carbocycles. The Hall–Kier alpha value is -2.40. The number of aromatic nitrogens is 1. The monoisotopic (exact) mass is 340 g/mol. The van der Waals surface area contributed by atoms with E-state index < -0.39 is 6.10 Å². The third-order valence-corrected chi connectivity index (χ3v) is 4.56. The first-order valence-corrected chi connectivity index (χ1v) is 8.89. The van der Waals surface area contributed by atoms with Gasteiger partial charge < -0.3 is 14.6 Å². The molecule has 2 aromatic rings. The molecule has 25 heavy (non-hydrogen) atoms. The smallest absolute Gasteiger partial charge is 0.258 e. The number of aryl methyl sites for hydroxylation is 1. The summed E-state index contributed by atoms with van der Waals surface area (Å²) in [5.74, 6) is -0.209. The van der Waals surface area contributed by atoms with Gasteiger partial charge in [-0.05, 0) is 31.4 Å². The lowest BCUT2D eigenvalue weighted by Crippen LogP contribution is -2.27. The lowest BCUT2D eigenvalue weighted by molar-refractivity contribution is -0.131. The van der Waals surface area contributed by atoms with E-state index >= 15 is 0 Å². The Kier molecular flexibility index (Phi) is 5.66. The van der Waals surface area contributed by atoms with Crippen LogP contribution in [0.3, 0.4) is 0 Å². The van der Waals surface area contributed by atoms with Crippen molar-refractivity contribution in [2.45, 2.75) is 51.4 Å². The molecule has 5 heteroatoms. The van der Waals surface area contributed by atoms with Gasteiger partial charge in [0, 0.05) is 18.8 Å². The molecule has 1 N–H and O–H groups in total. The Balaban J connectivity index is 1.79. The number of amides is 1. The van der Waals surface area contributed by atoms with Gasteiger partial charge in [0.05, 0.1) is 11.8 Å². The van der Waals surface area contributed by atoms with Gasteiger partial charge >= 0.3 is 0 Å². The van der Waals surface area contributed by atoms with Crippen molar-refractivity contribution in [2.24, 2.45) is 0 Å². The van der Waals surface area contributed by atoms with E-state index in [1.807, 2.05) is 37.3 Å². The summed E-state index contributed by atoms with van der Waals surface area (Å²) < 4.78 is 7.69. The summed E-state index contributed by atoms with van der Waals surface area (Å²) in [6, 6.07) is 12.7. The molecule has 1 aliphatic carbocycles. The van der Waals surface area contributed by atoms with Crippen molar-refractivity contribution in [3.8, 4) is 0 Å². The maximum atomic E-state index is 12.9. The number of nitrogens with zero attached hydrogens (tertiary/aromatic N) is 1. The molecule has 1 heterocycles. The average Bonchev–Trinajstić information content (AvgIpc) is 3.15. The van der Waals surface area contributed by atoms with Gasteiger partial charge in [-0.25, -0.2) is 0 Å². The van der Waals surface area contributed by atoms with Crippen LogP contribution >= 0.6 is 0 Å². The topological polar surface area (TPSA) is 60.3 Å². The van der Waals surface area contributed by atoms with Crippen molar-refractivity contribution in [3.05, 3.63) is 64.6 Å². The first kappa shape index (κ1) is 17.4. The van der Waals surface area contributed by atoms with Crippen LogP contribution in [0.1, 0.15) is 44.3 Å². The van der Waals surface area contributed by atoms with Gasteiger partial charge in [-0.3, -0.25) is 9.59 Å². The van der Waals surface area contributed by atoms with Gasteiger partial charge in [0.15, 0.2) is 6.10 Å². The van der Waals surface area contributed by atoms with Gasteiger partial charge in [0.2, 0.25) is 0 Å². The fourth-order valence-corrected chi connectivity index (χ4v) is 3.20. The zero-order valence-electron chi connectivity index (χ0n) is 14.5. The van der Waals surface area contributed by atoms with E-state index in [1.54, 1.807) is 16.8 Å².